The molecule has 2 N–H and O–H groups in total. The molecule has 0 aliphatic heterocycles. The number of nitrogens with zero attached hydrogens (tertiary/aromatic N) is 2. The van der Waals surface area contributed by atoms with Gasteiger partial charge in [0.15, 0.2) is 11.6 Å². The molecule has 4 nitrogen and oxygen atoms in total. The third kappa shape index (κ3) is 1.79. The number of nitrogens with two attached hydrogens (primary N) is 1. The molecule has 0 aliphatic carbocycles. The molecule has 1 aromatic heterocycles. The fraction of sp³-hybridized carbons (Fsp3) is 0.462. The zero-order chi connectivity index (χ0) is 13.5. The summed E-state index contributed by atoms with van der Waals surface area (Å²) in [5.74, 6) is 0.170. The molecule has 0 bridgehead atoms. The van der Waals surface area contributed by atoms with Crippen LogP contribution in [0.2, 0.25) is 0 Å². The van der Waals surface area contributed by atoms with Gasteiger partial charge in [0.25, 0.3) is 0 Å². The van der Waals surface area contributed by atoms with Gasteiger partial charge in [-0.1, -0.05) is 6.92 Å². The number of halogens is 1. The number of aromatic nitrogens is 2. The quantitative estimate of drug-likeness (QED) is 0.912. The number of benzene rings is 1. The molecule has 0 fully saturated rings. The third-order valence-electron chi connectivity index (χ3n) is 3.42. The van der Waals surface area contributed by atoms with Crippen LogP contribution in [0.4, 0.5) is 10.3 Å². The van der Waals surface area contributed by atoms with Gasteiger partial charge in [-0.3, -0.25) is 0 Å². The minimum atomic E-state index is -0.427. The normalized spacial score (nSPS) is 12.1. The van der Waals surface area contributed by atoms with Crippen molar-refractivity contribution in [1.82, 2.24) is 9.55 Å². The third-order valence-corrected chi connectivity index (χ3v) is 3.42. The van der Waals surface area contributed by atoms with Gasteiger partial charge in [0.2, 0.25) is 5.95 Å². The number of anilines is 1. The maximum absolute atomic E-state index is 13.6. The van der Waals surface area contributed by atoms with Crippen LogP contribution in [0.15, 0.2) is 12.1 Å². The van der Waals surface area contributed by atoms with Crippen LogP contribution < -0.4 is 10.5 Å². The molecule has 5 heteroatoms. The van der Waals surface area contributed by atoms with E-state index in [-0.39, 0.29) is 11.3 Å². The first-order valence-corrected chi connectivity index (χ1v) is 5.92. The molecule has 18 heavy (non-hydrogen) atoms. The Morgan fingerprint density at radius 1 is 1.44 bits per heavy atom. The Morgan fingerprint density at radius 2 is 2.11 bits per heavy atom. The van der Waals surface area contributed by atoms with E-state index in [1.807, 2.05) is 4.57 Å². The summed E-state index contributed by atoms with van der Waals surface area (Å²) >= 11 is 0. The van der Waals surface area contributed by atoms with E-state index in [4.69, 9.17) is 10.5 Å². The topological polar surface area (TPSA) is 53.1 Å². The maximum Gasteiger partial charge on any atom is 0.201 e. The highest BCUT2D eigenvalue weighted by Crippen LogP contribution is 2.32. The van der Waals surface area contributed by atoms with Crippen LogP contribution in [0.3, 0.4) is 0 Å². The molecule has 98 valence electrons. The van der Waals surface area contributed by atoms with Crippen molar-refractivity contribution in [3.05, 3.63) is 17.9 Å². The van der Waals surface area contributed by atoms with Gasteiger partial charge in [0.1, 0.15) is 0 Å². The van der Waals surface area contributed by atoms with Crippen LogP contribution >= 0.6 is 0 Å². The Hall–Kier alpha value is -1.78. The average Bonchev–Trinajstić information content (AvgIpc) is 2.63. The molecule has 2 aromatic rings. The Bertz CT molecular complexity index is 589. The van der Waals surface area contributed by atoms with Crippen molar-refractivity contribution in [2.75, 3.05) is 12.8 Å². The number of ether oxygens (including phenoxy) is 1. The van der Waals surface area contributed by atoms with Crippen molar-refractivity contribution < 1.29 is 9.13 Å². The van der Waals surface area contributed by atoms with Gasteiger partial charge in [-0.25, -0.2) is 9.37 Å². The predicted molar refractivity (Wildman–Crippen MR) is 70.3 cm³/mol. The highest BCUT2D eigenvalue weighted by molar-refractivity contribution is 5.80. The number of rotatable bonds is 3. The molecule has 1 heterocycles. The summed E-state index contributed by atoms with van der Waals surface area (Å²) in [5, 5.41) is 0. The lowest BCUT2D eigenvalue weighted by molar-refractivity contribution is 0.356. The SMILES string of the molecule is CCC(C)(C)n1c(N)nc2cc(F)c(OC)cc21. The van der Waals surface area contributed by atoms with Crippen molar-refractivity contribution in [1.29, 1.82) is 0 Å². The fourth-order valence-corrected chi connectivity index (χ4v) is 2.05. The molecule has 0 radical (unpaired) electrons. The number of imidazole rings is 1. The Kier molecular flexibility index (Phi) is 2.92. The van der Waals surface area contributed by atoms with Crippen molar-refractivity contribution in [3.63, 3.8) is 0 Å². The van der Waals surface area contributed by atoms with E-state index in [1.54, 1.807) is 6.07 Å². The van der Waals surface area contributed by atoms with Crippen LogP contribution in [-0.4, -0.2) is 16.7 Å². The van der Waals surface area contributed by atoms with Crippen LogP contribution in [0.25, 0.3) is 11.0 Å². The first kappa shape index (κ1) is 12.7. The lowest BCUT2D eigenvalue weighted by Gasteiger charge is -2.27. The maximum atomic E-state index is 13.6. The van der Waals surface area contributed by atoms with Crippen molar-refractivity contribution in [3.8, 4) is 5.75 Å². The van der Waals surface area contributed by atoms with E-state index in [0.29, 0.717) is 11.5 Å². The van der Waals surface area contributed by atoms with Crippen LogP contribution in [-0.2, 0) is 5.54 Å². The molecule has 0 saturated heterocycles. The number of methoxy groups -OCH3 is 1. The highest BCUT2D eigenvalue weighted by Gasteiger charge is 2.24. The second kappa shape index (κ2) is 4.15. The van der Waals surface area contributed by atoms with E-state index >= 15 is 0 Å². The first-order valence-electron chi connectivity index (χ1n) is 5.92. The van der Waals surface area contributed by atoms with E-state index in [1.165, 1.54) is 13.2 Å². The summed E-state index contributed by atoms with van der Waals surface area (Å²) in [4.78, 5) is 4.21. The Labute approximate surface area is 106 Å². The lowest BCUT2D eigenvalue weighted by Crippen LogP contribution is -2.26. The van der Waals surface area contributed by atoms with Gasteiger partial charge >= 0.3 is 0 Å². The summed E-state index contributed by atoms with van der Waals surface area (Å²) < 4.78 is 20.6. The molecule has 0 atom stereocenters. The highest BCUT2D eigenvalue weighted by atomic mass is 19.1. The minimum Gasteiger partial charge on any atom is -0.494 e. The van der Waals surface area contributed by atoms with Gasteiger partial charge in [-0.05, 0) is 20.3 Å². The zero-order valence-electron chi connectivity index (χ0n) is 11.1. The van der Waals surface area contributed by atoms with Gasteiger partial charge < -0.3 is 15.0 Å². The van der Waals surface area contributed by atoms with Gasteiger partial charge in [0, 0.05) is 17.7 Å². The smallest absolute Gasteiger partial charge is 0.201 e. The Morgan fingerprint density at radius 3 is 2.67 bits per heavy atom. The van der Waals surface area contributed by atoms with Crippen LogP contribution in [0, 0.1) is 5.82 Å². The zero-order valence-corrected chi connectivity index (χ0v) is 11.1. The first-order chi connectivity index (χ1) is 8.40. The lowest BCUT2D eigenvalue weighted by atomic mass is 10.0. The van der Waals surface area contributed by atoms with Crippen LogP contribution in [0.5, 0.6) is 5.75 Å². The van der Waals surface area contributed by atoms with E-state index in [9.17, 15) is 4.39 Å². The second-order valence-corrected chi connectivity index (χ2v) is 4.95. The van der Waals surface area contributed by atoms with Gasteiger partial charge in [-0.2, -0.15) is 0 Å². The summed E-state index contributed by atoms with van der Waals surface area (Å²) in [6, 6.07) is 3.00. The summed E-state index contributed by atoms with van der Waals surface area (Å²) in [6.07, 6.45) is 0.891. The Balaban J connectivity index is 2.78. The molecular weight excluding hydrogens is 233 g/mol. The summed E-state index contributed by atoms with van der Waals surface area (Å²) in [5.41, 5.74) is 7.10. The standard InChI is InChI=1S/C13H18FN3O/c1-5-13(2,3)17-10-7-11(18-4)8(14)6-9(10)16-12(17)15/h6-7H,5H2,1-4H3,(H2,15,16). The number of hydrogen-bond donors (Lipinski definition) is 1. The van der Waals surface area contributed by atoms with Gasteiger partial charge in [-0.15, -0.1) is 0 Å². The van der Waals surface area contributed by atoms with E-state index in [2.05, 4.69) is 25.8 Å². The molecule has 0 amide bonds. The number of hydrogen-bond acceptors (Lipinski definition) is 3. The van der Waals surface area contributed by atoms with Crippen molar-refractivity contribution in [2.45, 2.75) is 32.7 Å². The molecule has 0 saturated carbocycles. The summed E-state index contributed by atoms with van der Waals surface area (Å²) in [7, 11) is 1.44. The largest absolute Gasteiger partial charge is 0.494 e. The molecule has 0 spiro atoms. The molecule has 0 aliphatic rings. The fourth-order valence-electron chi connectivity index (χ4n) is 2.05. The molecular formula is C13H18FN3O. The van der Waals surface area contributed by atoms with E-state index < -0.39 is 5.82 Å². The predicted octanol–water partition coefficient (Wildman–Crippen LogP) is 2.91. The van der Waals surface area contributed by atoms with Crippen molar-refractivity contribution >= 4 is 17.0 Å². The van der Waals surface area contributed by atoms with Crippen molar-refractivity contribution in [2.24, 2.45) is 0 Å². The number of nitrogen functional groups attached to an aromatic ring is 1. The van der Waals surface area contributed by atoms with E-state index in [0.717, 1.165) is 11.9 Å². The monoisotopic (exact) mass is 251 g/mol. The molecule has 0 unspecified atom stereocenters. The molecule has 2 rings (SSSR count). The van der Waals surface area contributed by atoms with Crippen LogP contribution in [0.1, 0.15) is 27.2 Å². The molecule has 1 aromatic carbocycles. The van der Waals surface area contributed by atoms with Gasteiger partial charge in [0.05, 0.1) is 18.1 Å². The second-order valence-electron chi connectivity index (χ2n) is 4.95. The minimum absolute atomic E-state index is 0.179. The summed E-state index contributed by atoms with van der Waals surface area (Å²) in [6.45, 7) is 6.21. The average molecular weight is 251 g/mol. The number of fused-ring (bicyclic) bond motifs is 1.